The molecule has 0 heterocycles. The fraction of sp³-hybridized carbons (Fsp3) is 0.333. The molecule has 1 aromatic carbocycles. The standard InChI is InChI=1S/C9H10Cl2FNO5S2/c1-5-3-7(19(13,14)15)4-6(2)8(5)20(16,17)18-9(10,11)12/h3-4H,1-2H3,(H2,13,14,15). The molecule has 0 fully saturated rings. The van der Waals surface area contributed by atoms with Crippen LogP contribution in [0.25, 0.3) is 0 Å². The molecule has 0 spiro atoms. The number of aryl methyl sites for hydroxylation is 2. The van der Waals surface area contributed by atoms with Crippen LogP contribution in [0, 0.1) is 13.8 Å². The lowest BCUT2D eigenvalue weighted by Gasteiger charge is -2.15. The Morgan fingerprint density at radius 1 is 1.15 bits per heavy atom. The molecular weight excluding hydrogens is 356 g/mol. The molecule has 0 radical (unpaired) electrons. The summed E-state index contributed by atoms with van der Waals surface area (Å²) < 4.78 is 59.6. The summed E-state index contributed by atoms with van der Waals surface area (Å²) in [6, 6.07) is 2.03. The van der Waals surface area contributed by atoms with Crippen LogP contribution >= 0.6 is 23.2 Å². The lowest BCUT2D eigenvalue weighted by molar-refractivity contribution is 0.111. The van der Waals surface area contributed by atoms with Crippen LogP contribution < -0.4 is 5.14 Å². The highest BCUT2D eigenvalue weighted by molar-refractivity contribution is 7.89. The second-order valence-electron chi connectivity index (χ2n) is 3.91. The highest BCUT2D eigenvalue weighted by Gasteiger charge is 2.34. The number of sulfonamides is 1. The molecule has 114 valence electrons. The summed E-state index contributed by atoms with van der Waals surface area (Å²) in [5, 5.41) is 4.94. The Hall–Kier alpha value is -0.450. The van der Waals surface area contributed by atoms with Gasteiger partial charge in [0.1, 0.15) is 4.90 Å². The maximum atomic E-state index is 12.9. The van der Waals surface area contributed by atoms with Crippen LogP contribution in [0.2, 0.25) is 0 Å². The van der Waals surface area contributed by atoms with Crippen LogP contribution in [0.4, 0.5) is 4.39 Å². The maximum Gasteiger partial charge on any atom is 0.381 e. The van der Waals surface area contributed by atoms with Crippen molar-refractivity contribution in [2.24, 2.45) is 5.14 Å². The predicted octanol–water partition coefficient (Wildman–Crippen LogP) is 1.71. The molecule has 0 aromatic heterocycles. The SMILES string of the molecule is Cc1cc(S(N)(=O)=O)cc(C)c1S(=O)(=O)OC(F)(Cl)Cl. The van der Waals surface area contributed by atoms with Gasteiger partial charge >= 0.3 is 14.9 Å². The van der Waals surface area contributed by atoms with Gasteiger partial charge in [0.2, 0.25) is 10.0 Å². The molecule has 0 aliphatic rings. The first-order valence-corrected chi connectivity index (χ1v) is 8.61. The Bertz CT molecular complexity index is 717. The van der Waals surface area contributed by atoms with E-state index in [-0.39, 0.29) is 16.0 Å². The van der Waals surface area contributed by atoms with Gasteiger partial charge in [0, 0.05) is 0 Å². The highest BCUT2D eigenvalue weighted by Crippen LogP contribution is 2.32. The zero-order chi connectivity index (χ0) is 15.9. The fourth-order valence-corrected chi connectivity index (χ4v) is 4.05. The molecule has 0 saturated heterocycles. The van der Waals surface area contributed by atoms with Gasteiger partial charge in [-0.25, -0.2) is 13.6 Å². The third-order valence-corrected chi connectivity index (χ3v) is 5.04. The van der Waals surface area contributed by atoms with Crippen LogP contribution in [-0.2, 0) is 24.3 Å². The first kappa shape index (κ1) is 17.6. The van der Waals surface area contributed by atoms with Crippen LogP contribution in [-0.4, -0.2) is 21.6 Å². The first-order chi connectivity index (χ1) is 8.74. The number of alkyl halides is 3. The minimum atomic E-state index is -4.62. The van der Waals surface area contributed by atoms with Crippen LogP contribution in [0.5, 0.6) is 0 Å². The van der Waals surface area contributed by atoms with E-state index in [0.29, 0.717) is 0 Å². The average molecular weight is 366 g/mol. The minimum Gasteiger partial charge on any atom is -0.225 e. The summed E-state index contributed by atoms with van der Waals surface area (Å²) in [5.41, 5.74) is -0.0155. The molecule has 0 aliphatic heterocycles. The van der Waals surface area contributed by atoms with Crippen LogP contribution in [0.3, 0.4) is 0 Å². The number of primary sulfonamides is 1. The van der Waals surface area contributed by atoms with E-state index in [4.69, 9.17) is 28.3 Å². The van der Waals surface area contributed by atoms with E-state index in [0.717, 1.165) is 12.1 Å². The molecule has 1 rings (SSSR count). The van der Waals surface area contributed by atoms with Gasteiger partial charge in [-0.3, -0.25) is 0 Å². The van der Waals surface area contributed by atoms with E-state index in [1.54, 1.807) is 0 Å². The quantitative estimate of drug-likeness (QED) is 0.645. The molecule has 0 bridgehead atoms. The monoisotopic (exact) mass is 365 g/mol. The largest absolute Gasteiger partial charge is 0.381 e. The van der Waals surface area contributed by atoms with E-state index in [9.17, 15) is 21.2 Å². The van der Waals surface area contributed by atoms with E-state index in [1.165, 1.54) is 13.8 Å². The molecule has 0 amide bonds. The first-order valence-electron chi connectivity index (χ1n) is 4.90. The molecule has 6 nitrogen and oxygen atoms in total. The third-order valence-electron chi connectivity index (χ3n) is 2.22. The Balaban J connectivity index is 3.50. The number of halogens is 3. The van der Waals surface area contributed by atoms with Crippen LogP contribution in [0.15, 0.2) is 21.9 Å². The van der Waals surface area contributed by atoms with Crippen molar-refractivity contribution in [3.63, 3.8) is 0 Å². The normalized spacial score (nSPS) is 13.5. The maximum absolute atomic E-state index is 12.9. The molecule has 0 atom stereocenters. The average Bonchev–Trinajstić information content (AvgIpc) is 2.09. The Kier molecular flexibility index (Phi) is 4.75. The van der Waals surface area contributed by atoms with Crippen molar-refractivity contribution in [3.05, 3.63) is 23.3 Å². The van der Waals surface area contributed by atoms with Crippen molar-refractivity contribution < 1.29 is 25.4 Å². The summed E-state index contributed by atoms with van der Waals surface area (Å²) in [4.78, 5) is -0.720. The van der Waals surface area contributed by atoms with Gasteiger partial charge in [-0.1, -0.05) is 0 Å². The Labute approximate surface area is 125 Å². The van der Waals surface area contributed by atoms with Gasteiger partial charge in [-0.05, 0) is 60.3 Å². The minimum absolute atomic E-state index is 0.00777. The summed E-state index contributed by atoms with van der Waals surface area (Å²) >= 11 is 9.72. The zero-order valence-corrected chi connectivity index (χ0v) is 13.4. The number of hydrogen-bond acceptors (Lipinski definition) is 5. The fourth-order valence-electron chi connectivity index (χ4n) is 1.64. The molecule has 0 unspecified atom stereocenters. The number of nitrogens with two attached hydrogens (primary N) is 1. The van der Waals surface area contributed by atoms with Crippen molar-refractivity contribution in [2.75, 3.05) is 0 Å². The van der Waals surface area contributed by atoms with Crippen molar-refractivity contribution >= 4 is 43.3 Å². The van der Waals surface area contributed by atoms with E-state index in [2.05, 4.69) is 4.18 Å². The summed E-state index contributed by atoms with van der Waals surface area (Å²) in [7, 11) is -8.62. The number of benzene rings is 1. The van der Waals surface area contributed by atoms with Crippen molar-refractivity contribution in [2.45, 2.75) is 28.4 Å². The van der Waals surface area contributed by atoms with Crippen molar-refractivity contribution in [1.82, 2.24) is 0 Å². The summed E-state index contributed by atoms with van der Waals surface area (Å²) in [6.07, 6.45) is 0. The smallest absolute Gasteiger partial charge is 0.225 e. The van der Waals surface area contributed by atoms with Gasteiger partial charge in [-0.15, -0.1) is 0 Å². The zero-order valence-electron chi connectivity index (χ0n) is 10.2. The van der Waals surface area contributed by atoms with Gasteiger partial charge in [0.15, 0.2) is 0 Å². The second kappa shape index (κ2) is 5.39. The lowest BCUT2D eigenvalue weighted by Crippen LogP contribution is -2.20. The third kappa shape index (κ3) is 4.27. The number of hydrogen-bond donors (Lipinski definition) is 1. The topological polar surface area (TPSA) is 104 Å². The molecule has 1 aromatic rings. The summed E-state index contributed by atoms with van der Waals surface area (Å²) in [5.74, 6) is 0. The molecule has 0 aliphatic carbocycles. The van der Waals surface area contributed by atoms with E-state index >= 15 is 0 Å². The van der Waals surface area contributed by atoms with Gasteiger partial charge in [0.05, 0.1) is 4.90 Å². The van der Waals surface area contributed by atoms with E-state index < -0.39 is 29.8 Å². The molecule has 0 saturated carbocycles. The van der Waals surface area contributed by atoms with Gasteiger partial charge < -0.3 is 0 Å². The van der Waals surface area contributed by atoms with Crippen molar-refractivity contribution in [3.8, 4) is 0 Å². The highest BCUT2D eigenvalue weighted by atomic mass is 35.5. The number of rotatable bonds is 4. The molecule has 11 heteroatoms. The molecular formula is C9H10Cl2FNO5S2. The Morgan fingerprint density at radius 3 is 1.85 bits per heavy atom. The predicted molar refractivity (Wildman–Crippen MR) is 71.1 cm³/mol. The lowest BCUT2D eigenvalue weighted by atomic mass is 10.2. The summed E-state index contributed by atoms with van der Waals surface area (Å²) in [6.45, 7) is 2.58. The molecule has 20 heavy (non-hydrogen) atoms. The van der Waals surface area contributed by atoms with Gasteiger partial charge in [0.25, 0.3) is 0 Å². The van der Waals surface area contributed by atoms with Crippen LogP contribution in [0.1, 0.15) is 11.1 Å². The van der Waals surface area contributed by atoms with Gasteiger partial charge in [-0.2, -0.15) is 17.0 Å². The Morgan fingerprint density at radius 2 is 1.55 bits per heavy atom. The van der Waals surface area contributed by atoms with Crippen molar-refractivity contribution in [1.29, 1.82) is 0 Å². The second-order valence-corrected chi connectivity index (χ2v) is 8.12. The molecule has 2 N–H and O–H groups in total. The van der Waals surface area contributed by atoms with E-state index in [1.807, 2.05) is 0 Å².